The van der Waals surface area contributed by atoms with E-state index in [0.29, 0.717) is 25.0 Å². The molecule has 2 saturated heterocycles. The molecule has 0 spiro atoms. The quantitative estimate of drug-likeness (QED) is 0.724. The number of ether oxygens (including phenoxy) is 2. The summed E-state index contributed by atoms with van der Waals surface area (Å²) in [4.78, 5) is 28.3. The van der Waals surface area contributed by atoms with Crippen molar-refractivity contribution in [3.05, 3.63) is 53.9 Å². The number of nitrogens with zero attached hydrogens (tertiary/aromatic N) is 3. The fraction of sp³-hybridized carbons (Fsp3) is 0.455. The number of likely N-dealkylation sites (tertiary alicyclic amines) is 1. The number of urea groups is 1. The molecule has 8 nitrogen and oxygen atoms in total. The summed E-state index contributed by atoms with van der Waals surface area (Å²) >= 11 is 0. The lowest BCUT2D eigenvalue weighted by Gasteiger charge is -2.31. The molecule has 1 aromatic rings. The van der Waals surface area contributed by atoms with E-state index in [2.05, 4.69) is 22.5 Å². The zero-order valence-electron chi connectivity index (χ0n) is 17.4. The monoisotopic (exact) mass is 412 g/mol. The summed E-state index contributed by atoms with van der Waals surface area (Å²) in [7, 11) is 1.56. The molecule has 0 aliphatic carbocycles. The molecule has 0 bridgehead atoms. The average Bonchev–Trinajstić information content (AvgIpc) is 3.11. The number of allylic oxidation sites excluding steroid dienone is 2. The van der Waals surface area contributed by atoms with E-state index >= 15 is 0 Å². The van der Waals surface area contributed by atoms with Crippen LogP contribution in [0.25, 0.3) is 0 Å². The van der Waals surface area contributed by atoms with Crippen molar-refractivity contribution < 1.29 is 19.1 Å². The minimum Gasteiger partial charge on any atom is -0.482 e. The Morgan fingerprint density at radius 3 is 2.60 bits per heavy atom. The molecule has 1 aromatic carbocycles. The number of anilines is 1. The highest BCUT2D eigenvalue weighted by atomic mass is 16.5. The molecule has 160 valence electrons. The number of nitrogens with one attached hydrogen (secondary N) is 1. The van der Waals surface area contributed by atoms with E-state index < -0.39 is 0 Å². The van der Waals surface area contributed by atoms with E-state index in [1.807, 2.05) is 31.2 Å². The SMILES string of the molecule is CCOC(=O)CN1CCC(c2ccc(N3NC4C=CC=C(OC)N4C3=O)cc2)CC1. The average molecular weight is 412 g/mol. The minimum atomic E-state index is -0.249. The molecule has 0 saturated carbocycles. The number of benzene rings is 1. The van der Waals surface area contributed by atoms with Crippen LogP contribution in [0.15, 0.2) is 48.4 Å². The van der Waals surface area contributed by atoms with E-state index in [1.54, 1.807) is 23.1 Å². The van der Waals surface area contributed by atoms with Gasteiger partial charge in [-0.05, 0) is 68.6 Å². The van der Waals surface area contributed by atoms with E-state index in [1.165, 1.54) is 5.56 Å². The third kappa shape index (κ3) is 4.06. The Bertz CT molecular complexity index is 843. The number of hydrogen-bond acceptors (Lipinski definition) is 6. The zero-order valence-corrected chi connectivity index (χ0v) is 17.4. The molecule has 4 rings (SSSR count). The number of esters is 1. The van der Waals surface area contributed by atoms with Crippen LogP contribution in [-0.4, -0.2) is 61.3 Å². The van der Waals surface area contributed by atoms with E-state index in [9.17, 15) is 9.59 Å². The first kappa shape index (κ1) is 20.4. The Kier molecular flexibility index (Phi) is 6.06. The topological polar surface area (TPSA) is 74.4 Å². The Balaban J connectivity index is 1.36. The number of piperidine rings is 1. The summed E-state index contributed by atoms with van der Waals surface area (Å²) in [5.41, 5.74) is 5.26. The van der Waals surface area contributed by atoms with Crippen molar-refractivity contribution in [3.8, 4) is 0 Å². The Morgan fingerprint density at radius 1 is 1.20 bits per heavy atom. The van der Waals surface area contributed by atoms with Gasteiger partial charge in [0.15, 0.2) is 5.88 Å². The van der Waals surface area contributed by atoms with Gasteiger partial charge in [0.1, 0.15) is 6.17 Å². The van der Waals surface area contributed by atoms with Crippen LogP contribution in [0, 0.1) is 0 Å². The number of carbonyl (C=O) groups excluding carboxylic acids is 2. The van der Waals surface area contributed by atoms with Crippen molar-refractivity contribution in [1.82, 2.24) is 15.2 Å². The first-order valence-corrected chi connectivity index (χ1v) is 10.4. The Labute approximate surface area is 176 Å². The van der Waals surface area contributed by atoms with Crippen molar-refractivity contribution in [2.75, 3.05) is 38.4 Å². The first-order chi connectivity index (χ1) is 14.6. The summed E-state index contributed by atoms with van der Waals surface area (Å²) < 4.78 is 10.4. The molecule has 2 amide bonds. The van der Waals surface area contributed by atoms with Crippen LogP contribution in [-0.2, 0) is 14.3 Å². The van der Waals surface area contributed by atoms with Crippen LogP contribution in [0.5, 0.6) is 0 Å². The van der Waals surface area contributed by atoms with Gasteiger partial charge >= 0.3 is 12.0 Å². The molecule has 0 aromatic heterocycles. The third-order valence-corrected chi connectivity index (χ3v) is 5.78. The lowest BCUT2D eigenvalue weighted by molar-refractivity contribution is -0.144. The first-order valence-electron chi connectivity index (χ1n) is 10.4. The standard InChI is InChI=1S/C22H28N4O4/c1-3-30-21(27)15-24-13-11-17(12-14-24)16-7-9-18(10-8-16)26-22(28)25-19(23-26)5-4-6-20(25)29-2/h4-10,17,19,23H,3,11-15H2,1-2H3. The predicted molar refractivity (Wildman–Crippen MR) is 112 cm³/mol. The van der Waals surface area contributed by atoms with Gasteiger partial charge in [0, 0.05) is 0 Å². The third-order valence-electron chi connectivity index (χ3n) is 5.78. The second-order valence-electron chi connectivity index (χ2n) is 7.60. The van der Waals surface area contributed by atoms with E-state index in [0.717, 1.165) is 31.6 Å². The van der Waals surface area contributed by atoms with Gasteiger partial charge in [0.25, 0.3) is 0 Å². The summed E-state index contributed by atoms with van der Waals surface area (Å²) in [5.74, 6) is 0.825. The summed E-state index contributed by atoms with van der Waals surface area (Å²) in [6.45, 7) is 4.38. The van der Waals surface area contributed by atoms with Gasteiger partial charge in [-0.1, -0.05) is 18.2 Å². The van der Waals surface area contributed by atoms with Crippen molar-refractivity contribution in [3.63, 3.8) is 0 Å². The Hall–Kier alpha value is -2.84. The van der Waals surface area contributed by atoms with E-state index in [-0.39, 0.29) is 18.2 Å². The van der Waals surface area contributed by atoms with Crippen LogP contribution in [0.4, 0.5) is 10.5 Å². The maximum Gasteiger partial charge on any atom is 0.347 e. The van der Waals surface area contributed by atoms with Gasteiger partial charge in [-0.2, -0.15) is 5.43 Å². The molecule has 30 heavy (non-hydrogen) atoms. The van der Waals surface area contributed by atoms with Crippen molar-refractivity contribution in [2.24, 2.45) is 0 Å². The van der Waals surface area contributed by atoms with Crippen molar-refractivity contribution >= 4 is 17.7 Å². The molecular weight excluding hydrogens is 384 g/mol. The molecule has 3 heterocycles. The fourth-order valence-corrected chi connectivity index (χ4v) is 4.22. The smallest absolute Gasteiger partial charge is 0.347 e. The lowest BCUT2D eigenvalue weighted by atomic mass is 9.89. The number of amides is 2. The van der Waals surface area contributed by atoms with Gasteiger partial charge < -0.3 is 9.47 Å². The summed E-state index contributed by atoms with van der Waals surface area (Å²) in [6.07, 6.45) is 7.32. The van der Waals surface area contributed by atoms with Crippen LogP contribution >= 0.6 is 0 Å². The van der Waals surface area contributed by atoms with Gasteiger partial charge in [-0.15, -0.1) is 0 Å². The summed E-state index contributed by atoms with van der Waals surface area (Å²) in [5, 5.41) is 1.55. The van der Waals surface area contributed by atoms with Gasteiger partial charge in [-0.25, -0.2) is 14.7 Å². The second kappa shape index (κ2) is 8.89. The highest BCUT2D eigenvalue weighted by Crippen LogP contribution is 2.31. The lowest BCUT2D eigenvalue weighted by Crippen LogP contribution is -2.37. The van der Waals surface area contributed by atoms with Crippen LogP contribution in [0.3, 0.4) is 0 Å². The summed E-state index contributed by atoms with van der Waals surface area (Å²) in [6, 6.07) is 7.97. The molecule has 1 N–H and O–H groups in total. The zero-order chi connectivity index (χ0) is 21.1. The number of fused-ring (bicyclic) bond motifs is 1. The maximum atomic E-state index is 12.9. The minimum absolute atomic E-state index is 0.152. The largest absolute Gasteiger partial charge is 0.482 e. The van der Waals surface area contributed by atoms with Gasteiger partial charge in [0.2, 0.25) is 0 Å². The number of methoxy groups -OCH3 is 1. The van der Waals surface area contributed by atoms with Crippen LogP contribution in [0.2, 0.25) is 0 Å². The molecular formula is C22H28N4O4. The normalized spacial score (nSPS) is 22.1. The van der Waals surface area contributed by atoms with Crippen LogP contribution in [0.1, 0.15) is 31.2 Å². The maximum absolute atomic E-state index is 12.9. The Morgan fingerprint density at radius 2 is 1.93 bits per heavy atom. The molecule has 0 radical (unpaired) electrons. The van der Waals surface area contributed by atoms with Crippen LogP contribution < -0.4 is 10.4 Å². The number of hydrazine groups is 1. The second-order valence-corrected chi connectivity index (χ2v) is 7.60. The highest BCUT2D eigenvalue weighted by Gasteiger charge is 2.40. The van der Waals surface area contributed by atoms with Crippen molar-refractivity contribution in [2.45, 2.75) is 31.8 Å². The van der Waals surface area contributed by atoms with Crippen molar-refractivity contribution in [1.29, 1.82) is 0 Å². The number of rotatable bonds is 6. The fourth-order valence-electron chi connectivity index (χ4n) is 4.22. The van der Waals surface area contributed by atoms with E-state index in [4.69, 9.17) is 9.47 Å². The van der Waals surface area contributed by atoms with Gasteiger partial charge in [0.05, 0.1) is 25.9 Å². The number of carbonyl (C=O) groups is 2. The number of hydrogen-bond donors (Lipinski definition) is 1. The molecule has 1 unspecified atom stereocenters. The molecule has 3 aliphatic heterocycles. The molecule has 3 aliphatic rings. The molecule has 2 fully saturated rings. The molecule has 8 heteroatoms. The predicted octanol–water partition coefficient (Wildman–Crippen LogP) is 2.56. The highest BCUT2D eigenvalue weighted by molar-refractivity contribution is 5.94. The molecule has 1 atom stereocenters. The van der Waals surface area contributed by atoms with Gasteiger partial charge in [-0.3, -0.25) is 9.69 Å².